The molecule has 3 atom stereocenters. The predicted octanol–water partition coefficient (Wildman–Crippen LogP) is 1.46. The highest BCUT2D eigenvalue weighted by atomic mass is 16.6. The quantitative estimate of drug-likeness (QED) is 0.318. The zero-order valence-corrected chi connectivity index (χ0v) is 19.7. The van der Waals surface area contributed by atoms with Crippen LogP contribution in [0.5, 0.6) is 0 Å². The maximum Gasteiger partial charge on any atom is 0.322 e. The van der Waals surface area contributed by atoms with Gasteiger partial charge >= 0.3 is 5.97 Å². The Morgan fingerprint density at radius 1 is 0.861 bits per heavy atom. The first-order chi connectivity index (χ1) is 17.3. The lowest BCUT2D eigenvalue weighted by atomic mass is 10.0. The molecule has 0 saturated carbocycles. The largest absolute Gasteiger partial charge is 0.480 e. The van der Waals surface area contributed by atoms with Gasteiger partial charge in [-0.15, -0.1) is 0 Å². The molecule has 3 aromatic carbocycles. The van der Waals surface area contributed by atoms with Crippen LogP contribution in [0.3, 0.4) is 0 Å². The Balaban J connectivity index is 1.40. The molecule has 0 aromatic heterocycles. The molecule has 3 aromatic rings. The zero-order valence-electron chi connectivity index (χ0n) is 19.7. The summed E-state index contributed by atoms with van der Waals surface area (Å²) in [5.74, 6) is -2.87. The second-order valence-corrected chi connectivity index (χ2v) is 8.74. The van der Waals surface area contributed by atoms with Gasteiger partial charge in [-0.25, -0.2) is 0 Å². The summed E-state index contributed by atoms with van der Waals surface area (Å²) in [6.45, 7) is 1.67. The van der Waals surface area contributed by atoms with Gasteiger partial charge < -0.3 is 25.8 Å². The molecular weight excluding hydrogens is 462 g/mol. The number of nitrogens with one attached hydrogen (secondary N) is 3. The van der Waals surface area contributed by atoms with Crippen LogP contribution in [0.15, 0.2) is 66.7 Å². The highest BCUT2D eigenvalue weighted by Gasteiger charge is 2.51. The fourth-order valence-corrected chi connectivity index (χ4v) is 3.86. The highest BCUT2D eigenvalue weighted by molar-refractivity contribution is 5.97. The number of benzene rings is 3. The molecule has 0 aliphatic carbocycles. The predicted molar refractivity (Wildman–Crippen MR) is 132 cm³/mol. The molecule has 9 nitrogen and oxygen atoms in total. The average molecular weight is 490 g/mol. The van der Waals surface area contributed by atoms with Crippen molar-refractivity contribution in [1.29, 1.82) is 0 Å². The van der Waals surface area contributed by atoms with Crippen LogP contribution in [-0.2, 0) is 36.9 Å². The van der Waals surface area contributed by atoms with Gasteiger partial charge in [0, 0.05) is 13.0 Å². The average Bonchev–Trinajstić information content (AvgIpc) is 3.68. The molecule has 1 unspecified atom stereocenters. The number of carboxylic acid groups (broad SMARTS) is 1. The first kappa shape index (κ1) is 24.9. The summed E-state index contributed by atoms with van der Waals surface area (Å²) in [5.41, 5.74) is 2.85. The third kappa shape index (κ3) is 6.45. The Labute approximate surface area is 207 Å². The van der Waals surface area contributed by atoms with E-state index in [1.807, 2.05) is 73.7 Å². The fraction of sp³-hybridized carbons (Fsp3) is 0.259. The van der Waals surface area contributed by atoms with E-state index >= 15 is 0 Å². The molecule has 1 fully saturated rings. The van der Waals surface area contributed by atoms with E-state index in [1.54, 1.807) is 0 Å². The molecule has 9 heteroatoms. The molecule has 0 bridgehead atoms. The smallest absolute Gasteiger partial charge is 0.322 e. The molecule has 3 amide bonds. The Hall–Kier alpha value is -4.24. The number of hydrogen-bond acceptors (Lipinski definition) is 5. The number of aliphatic carboxylic acids is 1. The number of fused-ring (bicyclic) bond motifs is 1. The molecular formula is C27H27N3O6. The van der Waals surface area contributed by atoms with Crippen LogP contribution in [0.1, 0.15) is 16.7 Å². The molecule has 36 heavy (non-hydrogen) atoms. The Morgan fingerprint density at radius 2 is 1.53 bits per heavy atom. The van der Waals surface area contributed by atoms with Crippen LogP contribution in [0.4, 0.5) is 0 Å². The van der Waals surface area contributed by atoms with Crippen molar-refractivity contribution in [3.05, 3.63) is 83.4 Å². The van der Waals surface area contributed by atoms with Gasteiger partial charge in [-0.2, -0.15) is 0 Å². The first-order valence-corrected chi connectivity index (χ1v) is 11.6. The standard InChI is InChI=1S/C27H27N3O6/c1-16-6-8-17(9-7-16)13-21(30-27(35)24-23(36-24)26(34)29-15-22(31)32)25(33)28-14-18-10-11-19-4-2-3-5-20(19)12-18/h2-12,21,23-24H,13-15H2,1H3,(H,28,33)(H,29,34)(H,30,35)(H,31,32)/t21-,23+,24?/m0/s1. The number of aryl methyl sites for hydroxylation is 1. The minimum absolute atomic E-state index is 0.248. The summed E-state index contributed by atoms with van der Waals surface area (Å²) >= 11 is 0. The maximum absolute atomic E-state index is 13.1. The van der Waals surface area contributed by atoms with Crippen molar-refractivity contribution in [2.45, 2.75) is 38.1 Å². The highest BCUT2D eigenvalue weighted by Crippen LogP contribution is 2.23. The lowest BCUT2D eigenvalue weighted by Crippen LogP contribution is -2.49. The lowest BCUT2D eigenvalue weighted by Gasteiger charge is -2.19. The lowest BCUT2D eigenvalue weighted by molar-refractivity contribution is -0.138. The van der Waals surface area contributed by atoms with Crippen molar-refractivity contribution < 1.29 is 29.0 Å². The number of carbonyl (C=O) groups excluding carboxylic acids is 3. The molecule has 0 spiro atoms. The summed E-state index contributed by atoms with van der Waals surface area (Å²) in [4.78, 5) is 48.4. The summed E-state index contributed by atoms with van der Waals surface area (Å²) < 4.78 is 5.14. The van der Waals surface area contributed by atoms with Crippen LogP contribution in [-0.4, -0.2) is 53.6 Å². The van der Waals surface area contributed by atoms with Crippen molar-refractivity contribution >= 4 is 34.5 Å². The van der Waals surface area contributed by atoms with Gasteiger partial charge in [0.25, 0.3) is 11.8 Å². The Morgan fingerprint density at radius 3 is 2.25 bits per heavy atom. The van der Waals surface area contributed by atoms with Crippen LogP contribution in [0.2, 0.25) is 0 Å². The molecule has 1 aliphatic heterocycles. The summed E-state index contributed by atoms with van der Waals surface area (Å²) in [5, 5.41) is 18.6. The van der Waals surface area contributed by atoms with Gasteiger partial charge in [-0.1, -0.05) is 66.2 Å². The third-order valence-corrected chi connectivity index (χ3v) is 5.90. The van der Waals surface area contributed by atoms with Gasteiger partial charge in [0.15, 0.2) is 12.2 Å². The van der Waals surface area contributed by atoms with E-state index in [-0.39, 0.29) is 18.9 Å². The van der Waals surface area contributed by atoms with Crippen LogP contribution >= 0.6 is 0 Å². The van der Waals surface area contributed by atoms with Crippen molar-refractivity contribution in [3.63, 3.8) is 0 Å². The van der Waals surface area contributed by atoms with Crippen molar-refractivity contribution in [2.24, 2.45) is 0 Å². The zero-order chi connectivity index (χ0) is 25.7. The second kappa shape index (κ2) is 11.0. The van der Waals surface area contributed by atoms with E-state index in [4.69, 9.17) is 9.84 Å². The molecule has 1 aliphatic rings. The van der Waals surface area contributed by atoms with Crippen molar-refractivity contribution in [1.82, 2.24) is 16.0 Å². The molecule has 0 radical (unpaired) electrons. The topological polar surface area (TPSA) is 137 Å². The monoisotopic (exact) mass is 489 g/mol. The molecule has 1 heterocycles. The normalized spacial score (nSPS) is 17.1. The van der Waals surface area contributed by atoms with E-state index in [0.29, 0.717) is 0 Å². The number of amides is 3. The van der Waals surface area contributed by atoms with E-state index in [1.165, 1.54) is 0 Å². The van der Waals surface area contributed by atoms with Crippen LogP contribution in [0, 0.1) is 6.92 Å². The second-order valence-electron chi connectivity index (χ2n) is 8.74. The fourth-order valence-electron chi connectivity index (χ4n) is 3.86. The van der Waals surface area contributed by atoms with Gasteiger partial charge in [0.2, 0.25) is 5.91 Å². The van der Waals surface area contributed by atoms with Crippen molar-refractivity contribution in [3.8, 4) is 0 Å². The minimum Gasteiger partial charge on any atom is -0.480 e. The molecule has 4 N–H and O–H groups in total. The van der Waals surface area contributed by atoms with Gasteiger partial charge in [0.05, 0.1) is 0 Å². The number of epoxide rings is 1. The van der Waals surface area contributed by atoms with Crippen LogP contribution < -0.4 is 16.0 Å². The Kier molecular flexibility index (Phi) is 7.60. The number of rotatable bonds is 10. The summed E-state index contributed by atoms with van der Waals surface area (Å²) in [7, 11) is 0. The van der Waals surface area contributed by atoms with Gasteiger partial charge in [0.1, 0.15) is 12.6 Å². The Bertz CT molecular complexity index is 1290. The minimum atomic E-state index is -1.20. The SMILES string of the molecule is Cc1ccc(C[C@H](NC(=O)C2O[C@H]2C(=O)NCC(=O)O)C(=O)NCc2ccc3ccccc3c2)cc1. The summed E-state index contributed by atoms with van der Waals surface area (Å²) in [6.07, 6.45) is -1.91. The first-order valence-electron chi connectivity index (χ1n) is 11.6. The van der Waals surface area contributed by atoms with E-state index in [9.17, 15) is 19.2 Å². The number of hydrogen-bond donors (Lipinski definition) is 4. The van der Waals surface area contributed by atoms with Crippen molar-refractivity contribution in [2.75, 3.05) is 6.54 Å². The summed E-state index contributed by atoms with van der Waals surface area (Å²) in [6, 6.07) is 20.6. The van der Waals surface area contributed by atoms with Gasteiger partial charge in [-0.3, -0.25) is 19.2 Å². The van der Waals surface area contributed by atoms with Crippen LogP contribution in [0.25, 0.3) is 10.8 Å². The maximum atomic E-state index is 13.1. The third-order valence-electron chi connectivity index (χ3n) is 5.90. The molecule has 186 valence electrons. The number of ether oxygens (including phenoxy) is 1. The van der Waals surface area contributed by atoms with E-state index in [2.05, 4.69) is 16.0 Å². The van der Waals surface area contributed by atoms with Gasteiger partial charge in [-0.05, 0) is 34.9 Å². The van der Waals surface area contributed by atoms with E-state index in [0.717, 1.165) is 27.5 Å². The molecule has 4 rings (SSSR count). The van der Waals surface area contributed by atoms with E-state index < -0.39 is 42.6 Å². The number of carbonyl (C=O) groups is 4. The number of carboxylic acids is 1. The molecule has 1 saturated heterocycles.